The van der Waals surface area contributed by atoms with Gasteiger partial charge >= 0.3 is 5.97 Å². The van der Waals surface area contributed by atoms with Gasteiger partial charge in [0.15, 0.2) is 0 Å². The molecular formula is C12H22N2O3. The van der Waals surface area contributed by atoms with Crippen LogP contribution < -0.4 is 5.73 Å². The molecule has 0 aliphatic rings. The summed E-state index contributed by atoms with van der Waals surface area (Å²) >= 11 is 0. The van der Waals surface area contributed by atoms with Crippen LogP contribution in [0, 0.1) is 5.92 Å². The topological polar surface area (TPSA) is 72.6 Å². The minimum atomic E-state index is -0.425. The normalized spacial score (nSPS) is 10.6. The Morgan fingerprint density at radius 3 is 2.35 bits per heavy atom. The first-order chi connectivity index (χ1) is 7.86. The van der Waals surface area contributed by atoms with Gasteiger partial charge in [-0.2, -0.15) is 0 Å². The fraction of sp³-hybridized carbons (Fsp3) is 0.667. The summed E-state index contributed by atoms with van der Waals surface area (Å²) in [5, 5.41) is 0. The van der Waals surface area contributed by atoms with Crippen molar-refractivity contribution in [3.63, 3.8) is 0 Å². The van der Waals surface area contributed by atoms with Crippen molar-refractivity contribution >= 4 is 11.9 Å². The summed E-state index contributed by atoms with van der Waals surface area (Å²) in [5.74, 6) is -0.461. The number of carbonyl (C=O) groups is 2. The first kappa shape index (κ1) is 15.6. The molecule has 1 amide bonds. The van der Waals surface area contributed by atoms with E-state index in [4.69, 9.17) is 10.5 Å². The summed E-state index contributed by atoms with van der Waals surface area (Å²) < 4.78 is 4.83. The van der Waals surface area contributed by atoms with Crippen molar-refractivity contribution in [2.45, 2.75) is 20.8 Å². The Hall–Kier alpha value is -1.36. The van der Waals surface area contributed by atoms with Gasteiger partial charge in [-0.05, 0) is 12.8 Å². The summed E-state index contributed by atoms with van der Waals surface area (Å²) in [7, 11) is 0. The Balaban J connectivity index is 4.36. The van der Waals surface area contributed by atoms with Gasteiger partial charge in [-0.15, -0.1) is 0 Å². The molecule has 17 heavy (non-hydrogen) atoms. The van der Waals surface area contributed by atoms with Crippen LogP contribution in [0.2, 0.25) is 0 Å². The van der Waals surface area contributed by atoms with Crippen LogP contribution in [0.3, 0.4) is 0 Å². The molecule has 0 aliphatic heterocycles. The van der Waals surface area contributed by atoms with E-state index in [0.29, 0.717) is 31.2 Å². The summed E-state index contributed by atoms with van der Waals surface area (Å²) in [6.07, 6.45) is 0. The van der Waals surface area contributed by atoms with Crippen LogP contribution in [0.5, 0.6) is 0 Å². The van der Waals surface area contributed by atoms with E-state index >= 15 is 0 Å². The Labute approximate surface area is 103 Å². The van der Waals surface area contributed by atoms with Crippen LogP contribution in [-0.4, -0.2) is 43.0 Å². The number of esters is 1. The van der Waals surface area contributed by atoms with Gasteiger partial charge < -0.3 is 10.5 Å². The quantitative estimate of drug-likeness (QED) is 0.498. The number of rotatable bonds is 8. The molecule has 2 N–H and O–H groups in total. The lowest BCUT2D eigenvalue weighted by atomic mass is 10.2. The molecule has 0 aromatic rings. The first-order valence-electron chi connectivity index (χ1n) is 5.72. The van der Waals surface area contributed by atoms with Gasteiger partial charge in [0.05, 0.1) is 13.2 Å². The predicted octanol–water partition coefficient (Wildman–Crippen LogP) is 0.549. The van der Waals surface area contributed by atoms with Gasteiger partial charge in [0.1, 0.15) is 0 Å². The molecule has 0 atom stereocenters. The molecule has 0 fully saturated rings. The van der Waals surface area contributed by atoms with Gasteiger partial charge in [0.25, 0.3) is 0 Å². The molecule has 0 aromatic heterocycles. The second kappa shape index (κ2) is 7.84. The number of ether oxygens (including phenoxy) is 1. The van der Waals surface area contributed by atoms with Crippen LogP contribution in [0.15, 0.2) is 12.2 Å². The van der Waals surface area contributed by atoms with Crippen molar-refractivity contribution in [1.29, 1.82) is 0 Å². The third-order valence-electron chi connectivity index (χ3n) is 1.98. The molecule has 0 bridgehead atoms. The molecule has 0 spiro atoms. The van der Waals surface area contributed by atoms with E-state index in [0.717, 1.165) is 0 Å². The maximum atomic E-state index is 11.4. The van der Waals surface area contributed by atoms with Crippen molar-refractivity contribution in [1.82, 2.24) is 4.90 Å². The average molecular weight is 242 g/mol. The summed E-state index contributed by atoms with van der Waals surface area (Å²) in [6, 6.07) is 0. The SMILES string of the molecule is C=C(CN(CC(N)=O)CC(C)C)C(=O)OCC. The van der Waals surface area contributed by atoms with E-state index in [2.05, 4.69) is 6.58 Å². The van der Waals surface area contributed by atoms with E-state index in [1.165, 1.54) is 0 Å². The number of hydrogen-bond donors (Lipinski definition) is 1. The number of primary amides is 1. The van der Waals surface area contributed by atoms with Gasteiger partial charge in [-0.25, -0.2) is 4.79 Å². The zero-order chi connectivity index (χ0) is 13.4. The third-order valence-corrected chi connectivity index (χ3v) is 1.98. The summed E-state index contributed by atoms with van der Waals surface area (Å²) in [4.78, 5) is 24.1. The smallest absolute Gasteiger partial charge is 0.334 e. The maximum absolute atomic E-state index is 11.4. The lowest BCUT2D eigenvalue weighted by Crippen LogP contribution is -2.38. The second-order valence-corrected chi connectivity index (χ2v) is 4.35. The summed E-state index contributed by atoms with van der Waals surface area (Å²) in [5.41, 5.74) is 5.49. The number of nitrogens with two attached hydrogens (primary N) is 1. The van der Waals surface area contributed by atoms with Crippen LogP contribution in [0.4, 0.5) is 0 Å². The molecule has 0 unspecified atom stereocenters. The molecule has 0 aliphatic carbocycles. The van der Waals surface area contributed by atoms with Crippen molar-refractivity contribution in [2.75, 3.05) is 26.2 Å². The van der Waals surface area contributed by atoms with Crippen molar-refractivity contribution < 1.29 is 14.3 Å². The monoisotopic (exact) mass is 242 g/mol. The highest BCUT2D eigenvalue weighted by molar-refractivity contribution is 5.88. The highest BCUT2D eigenvalue weighted by atomic mass is 16.5. The van der Waals surface area contributed by atoms with E-state index in [-0.39, 0.29) is 6.54 Å². The van der Waals surface area contributed by atoms with Gasteiger partial charge in [-0.1, -0.05) is 20.4 Å². The van der Waals surface area contributed by atoms with Gasteiger partial charge in [0.2, 0.25) is 5.91 Å². The maximum Gasteiger partial charge on any atom is 0.334 e. The first-order valence-corrected chi connectivity index (χ1v) is 5.72. The van der Waals surface area contributed by atoms with Crippen molar-refractivity contribution in [3.05, 3.63) is 12.2 Å². The van der Waals surface area contributed by atoms with Crippen LogP contribution >= 0.6 is 0 Å². The Bertz CT molecular complexity index is 287. The fourth-order valence-corrected chi connectivity index (χ4v) is 1.49. The predicted molar refractivity (Wildman–Crippen MR) is 66.2 cm³/mol. The minimum absolute atomic E-state index is 0.122. The lowest BCUT2D eigenvalue weighted by molar-refractivity contribution is -0.139. The highest BCUT2D eigenvalue weighted by Crippen LogP contribution is 2.04. The Kier molecular flexibility index (Phi) is 7.21. The zero-order valence-corrected chi connectivity index (χ0v) is 10.9. The van der Waals surface area contributed by atoms with Crippen molar-refractivity contribution in [2.24, 2.45) is 11.7 Å². The highest BCUT2D eigenvalue weighted by Gasteiger charge is 2.15. The van der Waals surface area contributed by atoms with E-state index in [9.17, 15) is 9.59 Å². The van der Waals surface area contributed by atoms with Gasteiger partial charge in [-0.3, -0.25) is 9.69 Å². The van der Waals surface area contributed by atoms with Crippen LogP contribution in [0.25, 0.3) is 0 Å². The third kappa shape index (κ3) is 7.52. The molecule has 0 radical (unpaired) electrons. The largest absolute Gasteiger partial charge is 0.463 e. The molecule has 5 heteroatoms. The Morgan fingerprint density at radius 2 is 1.94 bits per heavy atom. The standard InChI is InChI=1S/C12H22N2O3/c1-5-17-12(16)10(4)7-14(6-9(2)3)8-11(13)15/h9H,4-8H2,1-3H3,(H2,13,15). The van der Waals surface area contributed by atoms with E-state index in [1.54, 1.807) is 11.8 Å². The lowest BCUT2D eigenvalue weighted by Gasteiger charge is -2.23. The Morgan fingerprint density at radius 1 is 1.35 bits per heavy atom. The van der Waals surface area contributed by atoms with Crippen molar-refractivity contribution in [3.8, 4) is 0 Å². The molecule has 0 saturated carbocycles. The molecule has 98 valence electrons. The average Bonchev–Trinajstić information content (AvgIpc) is 2.15. The van der Waals surface area contributed by atoms with Gasteiger partial charge in [0, 0.05) is 18.7 Å². The minimum Gasteiger partial charge on any atom is -0.463 e. The zero-order valence-electron chi connectivity index (χ0n) is 10.9. The number of hydrogen-bond acceptors (Lipinski definition) is 4. The molecule has 0 rings (SSSR count). The number of nitrogens with zero attached hydrogens (tertiary/aromatic N) is 1. The summed E-state index contributed by atoms with van der Waals surface area (Å²) in [6.45, 7) is 10.9. The van der Waals surface area contributed by atoms with Crippen LogP contribution in [-0.2, 0) is 14.3 Å². The number of carbonyl (C=O) groups excluding carboxylic acids is 2. The fourth-order valence-electron chi connectivity index (χ4n) is 1.49. The number of amides is 1. The van der Waals surface area contributed by atoms with E-state index < -0.39 is 11.9 Å². The molecule has 5 nitrogen and oxygen atoms in total. The molecule has 0 aromatic carbocycles. The molecule has 0 heterocycles. The second-order valence-electron chi connectivity index (χ2n) is 4.35. The van der Waals surface area contributed by atoms with E-state index in [1.807, 2.05) is 13.8 Å². The van der Waals surface area contributed by atoms with Crippen LogP contribution in [0.1, 0.15) is 20.8 Å². The molecular weight excluding hydrogens is 220 g/mol. The molecule has 0 saturated heterocycles.